The number of nitrogen functional groups attached to an aromatic ring is 1. The van der Waals surface area contributed by atoms with Gasteiger partial charge in [-0.1, -0.05) is 17.7 Å². The Morgan fingerprint density at radius 2 is 2.11 bits per heavy atom. The standard InChI is InChI=1S/C13H11ClN4/c1-18-12-9(14)3-2-4-11(12)17-13(18)8-5-6-16-7-10(8)15/h2-7H,15H2,1H3. The topological polar surface area (TPSA) is 56.7 Å². The minimum Gasteiger partial charge on any atom is -0.397 e. The van der Waals surface area contributed by atoms with Gasteiger partial charge in [-0.3, -0.25) is 4.98 Å². The average Bonchev–Trinajstić information content (AvgIpc) is 2.69. The first kappa shape index (κ1) is 11.0. The first-order valence-electron chi connectivity index (χ1n) is 5.49. The predicted molar refractivity (Wildman–Crippen MR) is 73.4 cm³/mol. The third kappa shape index (κ3) is 1.54. The van der Waals surface area contributed by atoms with Crippen LogP contribution in [0.15, 0.2) is 36.7 Å². The quantitative estimate of drug-likeness (QED) is 0.730. The van der Waals surface area contributed by atoms with Crippen LogP contribution in [0.3, 0.4) is 0 Å². The van der Waals surface area contributed by atoms with Gasteiger partial charge in [-0.15, -0.1) is 0 Å². The average molecular weight is 259 g/mol. The zero-order valence-electron chi connectivity index (χ0n) is 9.76. The van der Waals surface area contributed by atoms with Crippen molar-refractivity contribution < 1.29 is 0 Å². The van der Waals surface area contributed by atoms with Crippen LogP contribution in [0, 0.1) is 0 Å². The van der Waals surface area contributed by atoms with E-state index in [1.165, 1.54) is 0 Å². The number of fused-ring (bicyclic) bond motifs is 1. The van der Waals surface area contributed by atoms with Crippen LogP contribution in [0.4, 0.5) is 5.69 Å². The van der Waals surface area contributed by atoms with Crippen LogP contribution in [0.5, 0.6) is 0 Å². The number of rotatable bonds is 1. The molecule has 0 aliphatic carbocycles. The van der Waals surface area contributed by atoms with Crippen molar-refractivity contribution in [3.05, 3.63) is 41.7 Å². The number of benzene rings is 1. The molecule has 0 fully saturated rings. The van der Waals surface area contributed by atoms with Crippen LogP contribution in [-0.4, -0.2) is 14.5 Å². The lowest BCUT2D eigenvalue weighted by atomic mass is 10.2. The largest absolute Gasteiger partial charge is 0.397 e. The number of nitrogens with two attached hydrogens (primary N) is 1. The molecule has 3 rings (SSSR count). The van der Waals surface area contributed by atoms with E-state index in [9.17, 15) is 0 Å². The van der Waals surface area contributed by atoms with E-state index in [4.69, 9.17) is 17.3 Å². The Kier molecular flexibility index (Phi) is 2.45. The van der Waals surface area contributed by atoms with Gasteiger partial charge in [0.2, 0.25) is 0 Å². The van der Waals surface area contributed by atoms with Crippen LogP contribution < -0.4 is 5.73 Å². The van der Waals surface area contributed by atoms with Crippen molar-refractivity contribution in [2.75, 3.05) is 5.73 Å². The molecule has 1 aromatic carbocycles. The van der Waals surface area contributed by atoms with Crippen molar-refractivity contribution in [3.63, 3.8) is 0 Å². The van der Waals surface area contributed by atoms with E-state index in [1.807, 2.05) is 35.9 Å². The smallest absolute Gasteiger partial charge is 0.143 e. The van der Waals surface area contributed by atoms with Gasteiger partial charge in [-0.25, -0.2) is 4.98 Å². The summed E-state index contributed by atoms with van der Waals surface area (Å²) in [7, 11) is 1.93. The normalized spacial score (nSPS) is 11.0. The number of hydrogen-bond donors (Lipinski definition) is 1. The molecule has 0 aliphatic rings. The van der Waals surface area contributed by atoms with E-state index in [2.05, 4.69) is 9.97 Å². The van der Waals surface area contributed by atoms with E-state index in [1.54, 1.807) is 12.4 Å². The molecule has 3 aromatic rings. The molecule has 0 aliphatic heterocycles. The van der Waals surface area contributed by atoms with E-state index in [0.717, 1.165) is 22.4 Å². The monoisotopic (exact) mass is 258 g/mol. The molecule has 0 unspecified atom stereocenters. The molecule has 2 heterocycles. The molecule has 0 amide bonds. The van der Waals surface area contributed by atoms with Crippen LogP contribution in [-0.2, 0) is 7.05 Å². The highest BCUT2D eigenvalue weighted by molar-refractivity contribution is 6.35. The zero-order chi connectivity index (χ0) is 12.7. The van der Waals surface area contributed by atoms with Crippen LogP contribution in [0.2, 0.25) is 5.02 Å². The molecule has 0 spiro atoms. The molecule has 18 heavy (non-hydrogen) atoms. The van der Waals surface area contributed by atoms with Gasteiger partial charge < -0.3 is 10.3 Å². The maximum atomic E-state index is 6.20. The van der Waals surface area contributed by atoms with Gasteiger partial charge in [0, 0.05) is 18.8 Å². The Bertz CT molecular complexity index is 733. The first-order valence-corrected chi connectivity index (χ1v) is 5.87. The molecule has 0 radical (unpaired) electrons. The fourth-order valence-corrected chi connectivity index (χ4v) is 2.37. The highest BCUT2D eigenvalue weighted by Gasteiger charge is 2.13. The Morgan fingerprint density at radius 3 is 2.83 bits per heavy atom. The summed E-state index contributed by atoms with van der Waals surface area (Å²) in [6.45, 7) is 0. The summed E-state index contributed by atoms with van der Waals surface area (Å²) in [4.78, 5) is 8.56. The summed E-state index contributed by atoms with van der Waals surface area (Å²) in [6, 6.07) is 7.52. The summed E-state index contributed by atoms with van der Waals surface area (Å²) >= 11 is 6.20. The number of aromatic nitrogens is 3. The summed E-state index contributed by atoms with van der Waals surface area (Å²) in [5, 5.41) is 0.682. The number of anilines is 1. The molecule has 5 heteroatoms. The maximum Gasteiger partial charge on any atom is 0.143 e. The van der Waals surface area contributed by atoms with Gasteiger partial charge >= 0.3 is 0 Å². The van der Waals surface area contributed by atoms with Crippen molar-refractivity contribution in [1.82, 2.24) is 14.5 Å². The Morgan fingerprint density at radius 1 is 1.28 bits per heavy atom. The second-order valence-electron chi connectivity index (χ2n) is 4.06. The Hall–Kier alpha value is -2.07. The minimum atomic E-state index is 0.604. The lowest BCUT2D eigenvalue weighted by Gasteiger charge is -2.05. The second-order valence-corrected chi connectivity index (χ2v) is 4.47. The van der Waals surface area contributed by atoms with Crippen molar-refractivity contribution in [2.24, 2.45) is 7.05 Å². The Labute approximate surface area is 109 Å². The molecule has 4 nitrogen and oxygen atoms in total. The summed E-state index contributed by atoms with van der Waals surface area (Å²) in [6.07, 6.45) is 3.32. The first-order chi connectivity index (χ1) is 8.68. The summed E-state index contributed by atoms with van der Waals surface area (Å²) in [5.74, 6) is 0.790. The number of nitrogens with zero attached hydrogens (tertiary/aromatic N) is 3. The lowest BCUT2D eigenvalue weighted by Crippen LogP contribution is -1.97. The maximum absolute atomic E-state index is 6.20. The molecule has 90 valence electrons. The fourth-order valence-electron chi connectivity index (χ4n) is 2.07. The third-order valence-corrected chi connectivity index (χ3v) is 3.24. The molecular weight excluding hydrogens is 248 g/mol. The van der Waals surface area contributed by atoms with Gasteiger partial charge in [0.1, 0.15) is 5.82 Å². The number of halogens is 1. The number of imidazole rings is 1. The predicted octanol–water partition coefficient (Wildman–Crippen LogP) is 2.87. The molecular formula is C13H11ClN4. The third-order valence-electron chi connectivity index (χ3n) is 2.94. The number of para-hydroxylation sites is 1. The number of hydrogen-bond acceptors (Lipinski definition) is 3. The van der Waals surface area contributed by atoms with E-state index >= 15 is 0 Å². The van der Waals surface area contributed by atoms with Crippen molar-refractivity contribution in [3.8, 4) is 11.4 Å². The number of aryl methyl sites for hydroxylation is 1. The van der Waals surface area contributed by atoms with Gasteiger partial charge in [0.25, 0.3) is 0 Å². The van der Waals surface area contributed by atoms with Gasteiger partial charge in [-0.2, -0.15) is 0 Å². The van der Waals surface area contributed by atoms with Crippen molar-refractivity contribution in [2.45, 2.75) is 0 Å². The van der Waals surface area contributed by atoms with E-state index in [0.29, 0.717) is 10.7 Å². The zero-order valence-corrected chi connectivity index (χ0v) is 10.5. The van der Waals surface area contributed by atoms with Gasteiger partial charge in [0.15, 0.2) is 0 Å². The van der Waals surface area contributed by atoms with Crippen molar-refractivity contribution >= 4 is 28.3 Å². The van der Waals surface area contributed by atoms with Crippen LogP contribution in [0.1, 0.15) is 0 Å². The van der Waals surface area contributed by atoms with Crippen molar-refractivity contribution in [1.29, 1.82) is 0 Å². The Balaban J connectivity index is 2.35. The highest BCUT2D eigenvalue weighted by atomic mass is 35.5. The SMILES string of the molecule is Cn1c(-c2ccncc2N)nc2cccc(Cl)c21. The van der Waals surface area contributed by atoms with E-state index < -0.39 is 0 Å². The molecule has 0 bridgehead atoms. The van der Waals surface area contributed by atoms with Crippen LogP contribution >= 0.6 is 11.6 Å². The fraction of sp³-hybridized carbons (Fsp3) is 0.0769. The number of pyridine rings is 1. The lowest BCUT2D eigenvalue weighted by molar-refractivity contribution is 0.959. The molecule has 0 atom stereocenters. The molecule has 0 saturated carbocycles. The van der Waals surface area contributed by atoms with Crippen LogP contribution in [0.25, 0.3) is 22.4 Å². The van der Waals surface area contributed by atoms with Gasteiger partial charge in [-0.05, 0) is 18.2 Å². The summed E-state index contributed by atoms with van der Waals surface area (Å²) in [5.41, 5.74) is 9.16. The molecule has 2 N–H and O–H groups in total. The van der Waals surface area contributed by atoms with Gasteiger partial charge in [0.05, 0.1) is 27.9 Å². The molecule has 0 saturated heterocycles. The molecule has 2 aromatic heterocycles. The second kappa shape index (κ2) is 3.99. The highest BCUT2D eigenvalue weighted by Crippen LogP contribution is 2.30. The minimum absolute atomic E-state index is 0.604. The van der Waals surface area contributed by atoms with E-state index in [-0.39, 0.29) is 0 Å². The summed E-state index contributed by atoms with van der Waals surface area (Å²) < 4.78 is 1.95.